The van der Waals surface area contributed by atoms with E-state index in [1.807, 2.05) is 42.2 Å². The number of benzene rings is 2. The van der Waals surface area contributed by atoms with Crippen molar-refractivity contribution in [3.05, 3.63) is 65.2 Å². The lowest BCUT2D eigenvalue weighted by atomic mass is 9.88. The number of hydrogen-bond donors (Lipinski definition) is 1. The molecule has 0 bridgehead atoms. The van der Waals surface area contributed by atoms with Gasteiger partial charge in [-0.1, -0.05) is 24.3 Å². The van der Waals surface area contributed by atoms with Crippen LogP contribution in [0.4, 0.5) is 0 Å². The van der Waals surface area contributed by atoms with Crippen LogP contribution in [0.15, 0.2) is 48.5 Å². The number of carboxylic acids is 1. The van der Waals surface area contributed by atoms with Gasteiger partial charge in [0.2, 0.25) is 0 Å². The van der Waals surface area contributed by atoms with Gasteiger partial charge in [-0.3, -0.25) is 4.79 Å². The van der Waals surface area contributed by atoms with Gasteiger partial charge in [0.05, 0.1) is 12.2 Å². The Morgan fingerprint density at radius 3 is 2.56 bits per heavy atom. The molecule has 0 unspecified atom stereocenters. The normalized spacial score (nSPS) is 14.8. The third-order valence-corrected chi connectivity index (χ3v) is 5.05. The summed E-state index contributed by atoms with van der Waals surface area (Å²) in [7, 11) is 0. The van der Waals surface area contributed by atoms with Gasteiger partial charge in [-0.05, 0) is 61.9 Å². The number of likely N-dealkylation sites (tertiary alicyclic amines) is 1. The summed E-state index contributed by atoms with van der Waals surface area (Å²) in [5, 5.41) is 9.33. The van der Waals surface area contributed by atoms with Gasteiger partial charge in [-0.25, -0.2) is 4.79 Å². The molecule has 1 N–H and O–H groups in total. The van der Waals surface area contributed by atoms with Crippen molar-refractivity contribution in [3.63, 3.8) is 0 Å². The molecule has 0 saturated carbocycles. The molecule has 1 amide bonds. The minimum Gasteiger partial charge on any atom is -0.494 e. The lowest BCUT2D eigenvalue weighted by molar-refractivity contribution is 0.0690. The zero-order chi connectivity index (χ0) is 19.2. The molecule has 0 spiro atoms. The van der Waals surface area contributed by atoms with E-state index in [1.165, 1.54) is 0 Å². The van der Waals surface area contributed by atoms with E-state index >= 15 is 0 Å². The van der Waals surface area contributed by atoms with Crippen LogP contribution < -0.4 is 4.74 Å². The van der Waals surface area contributed by atoms with Crippen molar-refractivity contribution >= 4 is 11.9 Å². The summed E-state index contributed by atoms with van der Waals surface area (Å²) in [4.78, 5) is 26.0. The first-order valence-corrected chi connectivity index (χ1v) is 9.41. The number of nitrogens with zero attached hydrogens (tertiary/aromatic N) is 1. The Morgan fingerprint density at radius 1 is 1.11 bits per heavy atom. The summed E-state index contributed by atoms with van der Waals surface area (Å²) in [5.41, 5.74) is 1.90. The highest BCUT2D eigenvalue weighted by molar-refractivity contribution is 5.94. The number of aromatic carboxylic acids is 1. The van der Waals surface area contributed by atoms with E-state index in [4.69, 9.17) is 4.74 Å². The minimum absolute atomic E-state index is 0.0286. The van der Waals surface area contributed by atoms with Gasteiger partial charge >= 0.3 is 5.97 Å². The second-order valence-electron chi connectivity index (χ2n) is 6.86. The van der Waals surface area contributed by atoms with E-state index in [2.05, 4.69) is 0 Å². The van der Waals surface area contributed by atoms with Crippen LogP contribution in [0.1, 0.15) is 46.0 Å². The van der Waals surface area contributed by atoms with Gasteiger partial charge in [0.1, 0.15) is 5.75 Å². The molecule has 0 aliphatic carbocycles. The Kier molecular flexibility index (Phi) is 6.12. The van der Waals surface area contributed by atoms with Crippen LogP contribution in [0.3, 0.4) is 0 Å². The summed E-state index contributed by atoms with van der Waals surface area (Å²) in [6.45, 7) is 3.87. The van der Waals surface area contributed by atoms with Crippen molar-refractivity contribution in [3.8, 4) is 5.75 Å². The van der Waals surface area contributed by atoms with Crippen molar-refractivity contribution in [2.45, 2.75) is 26.2 Å². The Hall–Kier alpha value is -2.82. The highest BCUT2D eigenvalue weighted by Crippen LogP contribution is 2.25. The molecule has 142 valence electrons. The lowest BCUT2D eigenvalue weighted by Crippen LogP contribution is -2.39. The fourth-order valence-electron chi connectivity index (χ4n) is 3.63. The topological polar surface area (TPSA) is 66.8 Å². The molecule has 1 aliphatic heterocycles. The van der Waals surface area contributed by atoms with Gasteiger partial charge in [0.25, 0.3) is 5.91 Å². The first-order chi connectivity index (χ1) is 13.1. The molecule has 1 heterocycles. The third-order valence-electron chi connectivity index (χ3n) is 5.05. The standard InChI is InChI=1S/C22H25NO4/c1-2-27-19-8-5-7-18(15-19)21(24)23-12-10-16(11-13-23)14-17-6-3-4-9-20(17)22(25)26/h3-9,15-16H,2,10-14H2,1H3,(H,25,26). The van der Waals surface area contributed by atoms with Gasteiger partial charge < -0.3 is 14.7 Å². The highest BCUT2D eigenvalue weighted by Gasteiger charge is 2.25. The maximum Gasteiger partial charge on any atom is 0.335 e. The molecular weight excluding hydrogens is 342 g/mol. The fourth-order valence-corrected chi connectivity index (χ4v) is 3.63. The molecule has 27 heavy (non-hydrogen) atoms. The van der Waals surface area contributed by atoms with Crippen LogP contribution in [-0.4, -0.2) is 41.6 Å². The van der Waals surface area contributed by atoms with E-state index in [0.29, 0.717) is 42.5 Å². The SMILES string of the molecule is CCOc1cccc(C(=O)N2CCC(Cc3ccccc3C(=O)O)CC2)c1. The number of amides is 1. The number of piperidine rings is 1. The van der Waals surface area contributed by atoms with Crippen molar-refractivity contribution in [2.75, 3.05) is 19.7 Å². The van der Waals surface area contributed by atoms with Crippen LogP contribution in [0.2, 0.25) is 0 Å². The van der Waals surface area contributed by atoms with E-state index in [9.17, 15) is 14.7 Å². The molecule has 1 saturated heterocycles. The summed E-state index contributed by atoms with van der Waals surface area (Å²) in [6.07, 6.45) is 2.50. The van der Waals surface area contributed by atoms with Crippen molar-refractivity contribution < 1.29 is 19.4 Å². The molecule has 1 fully saturated rings. The molecule has 5 heteroatoms. The zero-order valence-electron chi connectivity index (χ0n) is 15.6. The van der Waals surface area contributed by atoms with E-state index in [1.54, 1.807) is 18.2 Å². The fraction of sp³-hybridized carbons (Fsp3) is 0.364. The van der Waals surface area contributed by atoms with E-state index < -0.39 is 5.97 Å². The van der Waals surface area contributed by atoms with Crippen molar-refractivity contribution in [2.24, 2.45) is 5.92 Å². The average Bonchev–Trinajstić information content (AvgIpc) is 2.69. The monoisotopic (exact) mass is 367 g/mol. The molecule has 5 nitrogen and oxygen atoms in total. The van der Waals surface area contributed by atoms with Crippen molar-refractivity contribution in [1.82, 2.24) is 4.90 Å². The van der Waals surface area contributed by atoms with Gasteiger partial charge in [-0.15, -0.1) is 0 Å². The molecular formula is C22H25NO4. The average molecular weight is 367 g/mol. The number of carbonyl (C=O) groups is 2. The Labute approximate surface area is 159 Å². The zero-order valence-corrected chi connectivity index (χ0v) is 15.6. The highest BCUT2D eigenvalue weighted by atomic mass is 16.5. The summed E-state index contributed by atoms with van der Waals surface area (Å²) in [5.74, 6) is 0.251. The first kappa shape index (κ1) is 19.0. The molecule has 2 aromatic carbocycles. The quantitative estimate of drug-likeness (QED) is 0.841. The smallest absolute Gasteiger partial charge is 0.335 e. The number of hydrogen-bond acceptors (Lipinski definition) is 3. The number of carbonyl (C=O) groups excluding carboxylic acids is 1. The van der Waals surface area contributed by atoms with Gasteiger partial charge in [0, 0.05) is 18.7 Å². The number of carboxylic acid groups (broad SMARTS) is 1. The van der Waals surface area contributed by atoms with Gasteiger partial charge in [0.15, 0.2) is 0 Å². The molecule has 0 aromatic heterocycles. The molecule has 0 radical (unpaired) electrons. The predicted octanol–water partition coefficient (Wildman–Crippen LogP) is 3.88. The molecule has 3 rings (SSSR count). The minimum atomic E-state index is -0.882. The lowest BCUT2D eigenvalue weighted by Gasteiger charge is -2.32. The summed E-state index contributed by atoms with van der Waals surface area (Å²) < 4.78 is 5.48. The summed E-state index contributed by atoms with van der Waals surface area (Å²) in [6, 6.07) is 14.5. The van der Waals surface area contributed by atoms with Crippen LogP contribution in [0, 0.1) is 5.92 Å². The maximum atomic E-state index is 12.8. The second-order valence-corrected chi connectivity index (χ2v) is 6.86. The number of ether oxygens (including phenoxy) is 1. The maximum absolute atomic E-state index is 12.8. The molecule has 1 aliphatic rings. The Morgan fingerprint density at radius 2 is 1.85 bits per heavy atom. The van der Waals surface area contributed by atoms with Crippen LogP contribution in [-0.2, 0) is 6.42 Å². The van der Waals surface area contributed by atoms with E-state index in [0.717, 1.165) is 24.8 Å². The van der Waals surface area contributed by atoms with Crippen LogP contribution in [0.25, 0.3) is 0 Å². The molecule has 2 aromatic rings. The van der Waals surface area contributed by atoms with Crippen LogP contribution >= 0.6 is 0 Å². The van der Waals surface area contributed by atoms with Crippen LogP contribution in [0.5, 0.6) is 5.75 Å². The largest absolute Gasteiger partial charge is 0.494 e. The molecule has 0 atom stereocenters. The summed E-state index contributed by atoms with van der Waals surface area (Å²) >= 11 is 0. The second kappa shape index (κ2) is 8.71. The Bertz CT molecular complexity index is 809. The van der Waals surface area contributed by atoms with Gasteiger partial charge in [-0.2, -0.15) is 0 Å². The van der Waals surface area contributed by atoms with Crippen molar-refractivity contribution in [1.29, 1.82) is 0 Å². The number of rotatable bonds is 6. The van der Waals surface area contributed by atoms with E-state index in [-0.39, 0.29) is 5.91 Å². The predicted molar refractivity (Wildman–Crippen MR) is 103 cm³/mol. The Balaban J connectivity index is 1.60. The first-order valence-electron chi connectivity index (χ1n) is 9.41. The third kappa shape index (κ3) is 4.67.